The predicted molar refractivity (Wildman–Crippen MR) is 22.1 cm³/mol. The third-order valence-corrected chi connectivity index (χ3v) is 1.36. The normalized spacial score (nSPS) is 57.0. The summed E-state index contributed by atoms with van der Waals surface area (Å²) >= 11 is 0. The standard InChI is InChI=1S/C4H7NO2/c1-4-5(7-4)2-3-6-4/h2-3H2,1H3. The molecule has 3 nitrogen and oxygen atoms in total. The van der Waals surface area contributed by atoms with Crippen molar-refractivity contribution in [2.24, 2.45) is 0 Å². The van der Waals surface area contributed by atoms with Gasteiger partial charge >= 0.3 is 0 Å². The summed E-state index contributed by atoms with van der Waals surface area (Å²) in [4.78, 5) is 4.95. The van der Waals surface area contributed by atoms with Crippen LogP contribution < -0.4 is 0 Å². The van der Waals surface area contributed by atoms with Gasteiger partial charge in [0.1, 0.15) is 0 Å². The summed E-state index contributed by atoms with van der Waals surface area (Å²) in [6, 6.07) is 0. The minimum absolute atomic E-state index is 0.306. The molecule has 7 heavy (non-hydrogen) atoms. The monoisotopic (exact) mass is 101 g/mol. The van der Waals surface area contributed by atoms with Crippen LogP contribution in [-0.4, -0.2) is 24.1 Å². The SMILES string of the molecule is CC12OCCN1O2. The third-order valence-electron chi connectivity index (χ3n) is 1.36. The Hall–Kier alpha value is -0.120. The molecule has 0 aromatic carbocycles. The number of rotatable bonds is 0. The molecule has 2 atom stereocenters. The Morgan fingerprint density at radius 2 is 2.57 bits per heavy atom. The van der Waals surface area contributed by atoms with Crippen molar-refractivity contribution in [3.63, 3.8) is 0 Å². The summed E-state index contributed by atoms with van der Waals surface area (Å²) in [5.74, 6) is -0.306. The van der Waals surface area contributed by atoms with Crippen LogP contribution in [0.15, 0.2) is 0 Å². The van der Waals surface area contributed by atoms with Crippen LogP contribution >= 0.6 is 0 Å². The molecule has 2 heterocycles. The van der Waals surface area contributed by atoms with E-state index in [0.29, 0.717) is 0 Å². The molecule has 2 saturated heterocycles. The second kappa shape index (κ2) is 0.844. The van der Waals surface area contributed by atoms with Crippen molar-refractivity contribution < 1.29 is 9.57 Å². The van der Waals surface area contributed by atoms with Crippen molar-refractivity contribution in [1.29, 1.82) is 0 Å². The van der Waals surface area contributed by atoms with E-state index in [1.54, 1.807) is 0 Å². The van der Waals surface area contributed by atoms with Crippen molar-refractivity contribution in [3.8, 4) is 0 Å². The Bertz CT molecular complexity index is 104. The highest BCUT2D eigenvalue weighted by Crippen LogP contribution is 2.38. The van der Waals surface area contributed by atoms with Crippen LogP contribution in [0, 0.1) is 0 Å². The molecule has 2 fully saturated rings. The summed E-state index contributed by atoms with van der Waals surface area (Å²) in [7, 11) is 0. The number of hydrogen-bond acceptors (Lipinski definition) is 3. The summed E-state index contributed by atoms with van der Waals surface area (Å²) < 4.78 is 5.12. The van der Waals surface area contributed by atoms with E-state index in [4.69, 9.17) is 9.57 Å². The van der Waals surface area contributed by atoms with Gasteiger partial charge in [0, 0.05) is 6.92 Å². The predicted octanol–water partition coefficient (Wildman–Crippen LogP) is -0.0625. The van der Waals surface area contributed by atoms with Crippen LogP contribution in [0.25, 0.3) is 0 Å². The Balaban J connectivity index is 2.17. The summed E-state index contributed by atoms with van der Waals surface area (Å²) in [6.07, 6.45) is 0. The molecular formula is C4H7NO2. The molecule has 2 aliphatic heterocycles. The molecule has 2 rings (SSSR count). The molecule has 0 radical (unpaired) electrons. The number of nitrogens with zero attached hydrogens (tertiary/aromatic N) is 1. The van der Waals surface area contributed by atoms with Crippen molar-refractivity contribution in [3.05, 3.63) is 0 Å². The average Bonchev–Trinajstić information content (AvgIpc) is 2.09. The maximum atomic E-state index is 5.12. The van der Waals surface area contributed by atoms with Gasteiger partial charge in [-0.3, -0.25) is 0 Å². The quantitative estimate of drug-likeness (QED) is 0.399. The third kappa shape index (κ3) is 0.351. The first-order valence-electron chi connectivity index (χ1n) is 2.42. The van der Waals surface area contributed by atoms with Gasteiger partial charge in [0.15, 0.2) is 0 Å². The molecule has 0 aromatic heterocycles. The molecule has 0 N–H and O–H groups in total. The molecule has 3 heteroatoms. The first-order chi connectivity index (χ1) is 3.31. The average molecular weight is 101 g/mol. The van der Waals surface area contributed by atoms with E-state index in [0.717, 1.165) is 13.2 Å². The van der Waals surface area contributed by atoms with Gasteiger partial charge in [0.25, 0.3) is 5.91 Å². The second-order valence-corrected chi connectivity index (χ2v) is 1.94. The highest BCUT2D eigenvalue weighted by molar-refractivity contribution is 4.76. The summed E-state index contributed by atoms with van der Waals surface area (Å²) in [5, 5.41) is 1.83. The van der Waals surface area contributed by atoms with E-state index in [1.807, 2.05) is 12.0 Å². The fraction of sp³-hybridized carbons (Fsp3) is 1.00. The smallest absolute Gasteiger partial charge is 0.267 e. The molecule has 0 spiro atoms. The number of fused-ring (bicyclic) bond motifs is 1. The van der Waals surface area contributed by atoms with E-state index < -0.39 is 0 Å². The fourth-order valence-corrected chi connectivity index (χ4v) is 0.849. The van der Waals surface area contributed by atoms with E-state index in [9.17, 15) is 0 Å². The molecule has 2 aliphatic rings. The number of hydroxylamine groups is 2. The molecule has 2 unspecified atom stereocenters. The van der Waals surface area contributed by atoms with Crippen LogP contribution in [0.1, 0.15) is 6.92 Å². The second-order valence-electron chi connectivity index (χ2n) is 1.94. The van der Waals surface area contributed by atoms with Crippen molar-refractivity contribution in [2.75, 3.05) is 13.2 Å². The van der Waals surface area contributed by atoms with Crippen LogP contribution in [-0.2, 0) is 9.57 Å². The first kappa shape index (κ1) is 3.83. The topological polar surface area (TPSA) is 24.8 Å². The zero-order valence-corrected chi connectivity index (χ0v) is 4.18. The molecule has 40 valence electrons. The minimum atomic E-state index is -0.306. The Morgan fingerprint density at radius 3 is 2.71 bits per heavy atom. The lowest BCUT2D eigenvalue weighted by Gasteiger charge is -1.93. The van der Waals surface area contributed by atoms with E-state index in [2.05, 4.69) is 0 Å². The zero-order valence-electron chi connectivity index (χ0n) is 4.18. The van der Waals surface area contributed by atoms with Gasteiger partial charge in [-0.25, -0.2) is 4.84 Å². The van der Waals surface area contributed by atoms with E-state index in [1.165, 1.54) is 0 Å². The highest BCUT2D eigenvalue weighted by Gasteiger charge is 2.56. The van der Waals surface area contributed by atoms with Crippen LogP contribution in [0.5, 0.6) is 0 Å². The number of hydrogen-bond donors (Lipinski definition) is 0. The van der Waals surface area contributed by atoms with Gasteiger partial charge in [-0.05, 0) is 0 Å². The van der Waals surface area contributed by atoms with Crippen LogP contribution in [0.3, 0.4) is 0 Å². The van der Waals surface area contributed by atoms with Crippen molar-refractivity contribution in [2.45, 2.75) is 12.8 Å². The van der Waals surface area contributed by atoms with Gasteiger partial charge < -0.3 is 4.74 Å². The van der Waals surface area contributed by atoms with Crippen LogP contribution in [0.4, 0.5) is 0 Å². The maximum Gasteiger partial charge on any atom is 0.267 e. The molecule has 0 amide bonds. The minimum Gasteiger partial charge on any atom is -0.333 e. The van der Waals surface area contributed by atoms with Gasteiger partial charge in [-0.1, -0.05) is 0 Å². The van der Waals surface area contributed by atoms with Gasteiger partial charge in [0.2, 0.25) is 0 Å². The lowest BCUT2D eigenvalue weighted by molar-refractivity contribution is -0.0243. The molecule has 0 aromatic rings. The van der Waals surface area contributed by atoms with Crippen molar-refractivity contribution in [1.82, 2.24) is 5.06 Å². The highest BCUT2D eigenvalue weighted by atomic mass is 17.0. The molecule has 0 bridgehead atoms. The summed E-state index contributed by atoms with van der Waals surface area (Å²) in [5.41, 5.74) is 0. The van der Waals surface area contributed by atoms with E-state index >= 15 is 0 Å². The maximum absolute atomic E-state index is 5.12. The van der Waals surface area contributed by atoms with Crippen molar-refractivity contribution >= 4 is 0 Å². The van der Waals surface area contributed by atoms with Crippen LogP contribution in [0.2, 0.25) is 0 Å². The zero-order chi connectivity index (χ0) is 4.91. The molecular weight excluding hydrogens is 94.0 g/mol. The number of ether oxygens (including phenoxy) is 1. The lowest BCUT2D eigenvalue weighted by Crippen LogP contribution is -2.06. The Kier molecular flexibility index (Phi) is 0.462. The van der Waals surface area contributed by atoms with Gasteiger partial charge in [-0.15, -0.1) is 5.06 Å². The van der Waals surface area contributed by atoms with Gasteiger partial charge in [0.05, 0.1) is 13.2 Å². The Morgan fingerprint density at radius 1 is 1.71 bits per heavy atom. The molecule has 0 saturated carbocycles. The molecule has 0 aliphatic carbocycles. The summed E-state index contributed by atoms with van der Waals surface area (Å²) in [6.45, 7) is 3.66. The Labute approximate surface area is 41.8 Å². The fourth-order valence-electron chi connectivity index (χ4n) is 0.849. The largest absolute Gasteiger partial charge is 0.333 e. The van der Waals surface area contributed by atoms with Gasteiger partial charge in [-0.2, -0.15) is 0 Å². The first-order valence-corrected chi connectivity index (χ1v) is 2.42. The lowest BCUT2D eigenvalue weighted by atomic mass is 10.6. The van der Waals surface area contributed by atoms with E-state index in [-0.39, 0.29) is 5.91 Å².